The van der Waals surface area contributed by atoms with Crippen LogP contribution >= 0.6 is 22.7 Å². The van der Waals surface area contributed by atoms with Gasteiger partial charge in [-0.2, -0.15) is 0 Å². The van der Waals surface area contributed by atoms with Gasteiger partial charge in [0.05, 0.1) is 11.7 Å². The second kappa shape index (κ2) is 5.07. The van der Waals surface area contributed by atoms with Crippen LogP contribution in [0.2, 0.25) is 0 Å². The largest absolute Gasteiger partial charge is 0.477 e. The molecule has 1 unspecified atom stereocenters. The zero-order valence-corrected chi connectivity index (χ0v) is 12.0. The third-order valence-electron chi connectivity index (χ3n) is 2.82. The Kier molecular flexibility index (Phi) is 3.68. The first-order chi connectivity index (χ1) is 8.50. The predicted molar refractivity (Wildman–Crippen MR) is 74.9 cm³/mol. The van der Waals surface area contributed by atoms with Crippen molar-refractivity contribution in [3.8, 4) is 0 Å². The summed E-state index contributed by atoms with van der Waals surface area (Å²) in [5, 5.41) is 11.8. The fraction of sp³-hybridized carbons (Fsp3) is 0.333. The lowest BCUT2D eigenvalue weighted by Crippen LogP contribution is -2.20. The minimum atomic E-state index is -0.909. The molecule has 0 aromatic carbocycles. The number of nitrogens with zero attached hydrogens (tertiary/aromatic N) is 2. The van der Waals surface area contributed by atoms with Crippen LogP contribution in [0.4, 0.5) is 5.13 Å². The number of carboxylic acid groups (broad SMARTS) is 1. The number of hydrogen-bond donors (Lipinski definition) is 1. The molecule has 0 aliphatic rings. The summed E-state index contributed by atoms with van der Waals surface area (Å²) in [6.45, 7) is 3.82. The summed E-state index contributed by atoms with van der Waals surface area (Å²) < 4.78 is 0. The van der Waals surface area contributed by atoms with E-state index in [1.165, 1.54) is 16.2 Å². The monoisotopic (exact) mass is 282 g/mol. The Bertz CT molecular complexity index is 548. The number of aryl methyl sites for hydroxylation is 1. The Morgan fingerprint density at radius 1 is 1.56 bits per heavy atom. The topological polar surface area (TPSA) is 53.4 Å². The Morgan fingerprint density at radius 2 is 2.28 bits per heavy atom. The lowest BCUT2D eigenvalue weighted by atomic mass is 10.2. The van der Waals surface area contributed by atoms with Crippen LogP contribution in [0.1, 0.15) is 33.2 Å². The van der Waals surface area contributed by atoms with Gasteiger partial charge in [-0.25, -0.2) is 9.78 Å². The molecule has 2 heterocycles. The van der Waals surface area contributed by atoms with Gasteiger partial charge in [0.1, 0.15) is 4.88 Å². The summed E-state index contributed by atoms with van der Waals surface area (Å²) in [6, 6.07) is 4.28. The number of thiophene rings is 1. The zero-order chi connectivity index (χ0) is 13.3. The highest BCUT2D eigenvalue weighted by Gasteiger charge is 2.20. The van der Waals surface area contributed by atoms with Gasteiger partial charge in [-0.1, -0.05) is 17.4 Å². The number of hydrogen-bond acceptors (Lipinski definition) is 5. The van der Waals surface area contributed by atoms with Crippen molar-refractivity contribution in [2.75, 3.05) is 11.9 Å². The van der Waals surface area contributed by atoms with Crippen molar-refractivity contribution in [3.63, 3.8) is 0 Å². The first kappa shape index (κ1) is 13.0. The molecule has 0 saturated heterocycles. The molecule has 0 fully saturated rings. The molecule has 0 aliphatic heterocycles. The number of anilines is 1. The summed E-state index contributed by atoms with van der Waals surface area (Å²) in [4.78, 5) is 18.9. The van der Waals surface area contributed by atoms with E-state index in [-0.39, 0.29) is 6.04 Å². The average Bonchev–Trinajstić information content (AvgIpc) is 2.95. The highest BCUT2D eigenvalue weighted by molar-refractivity contribution is 7.17. The number of rotatable bonds is 4. The third-order valence-corrected chi connectivity index (χ3v) is 5.10. The molecule has 0 radical (unpaired) electrons. The van der Waals surface area contributed by atoms with E-state index >= 15 is 0 Å². The smallest absolute Gasteiger partial charge is 0.347 e. The minimum Gasteiger partial charge on any atom is -0.477 e. The molecule has 0 aliphatic carbocycles. The van der Waals surface area contributed by atoms with Crippen molar-refractivity contribution in [1.29, 1.82) is 0 Å². The number of aromatic nitrogens is 1. The van der Waals surface area contributed by atoms with E-state index < -0.39 is 5.97 Å². The Hall–Kier alpha value is -1.40. The molecular formula is C12H14N2O2S2. The molecule has 18 heavy (non-hydrogen) atoms. The summed E-state index contributed by atoms with van der Waals surface area (Å²) in [6.07, 6.45) is 0. The molecule has 2 aromatic rings. The predicted octanol–water partition coefficient (Wildman–Crippen LogP) is 3.41. The maximum atomic E-state index is 11.0. The molecule has 1 N–H and O–H groups in total. The van der Waals surface area contributed by atoms with Gasteiger partial charge < -0.3 is 10.0 Å². The van der Waals surface area contributed by atoms with E-state index in [1.807, 2.05) is 23.4 Å². The Morgan fingerprint density at radius 3 is 2.78 bits per heavy atom. The van der Waals surface area contributed by atoms with Gasteiger partial charge in [0.25, 0.3) is 0 Å². The number of thiazole rings is 1. The van der Waals surface area contributed by atoms with E-state index in [9.17, 15) is 4.79 Å². The van der Waals surface area contributed by atoms with Crippen LogP contribution in [0.3, 0.4) is 0 Å². The molecule has 96 valence electrons. The molecule has 0 amide bonds. The Balaban J connectivity index is 2.26. The summed E-state index contributed by atoms with van der Waals surface area (Å²) in [5.41, 5.74) is 0.577. The highest BCUT2D eigenvalue weighted by Crippen LogP contribution is 2.32. The molecule has 2 rings (SSSR count). The molecular weight excluding hydrogens is 268 g/mol. The fourth-order valence-electron chi connectivity index (χ4n) is 1.62. The van der Waals surface area contributed by atoms with E-state index in [1.54, 1.807) is 18.3 Å². The maximum Gasteiger partial charge on any atom is 0.347 e. The molecule has 1 atom stereocenters. The van der Waals surface area contributed by atoms with Gasteiger partial charge in [-0.05, 0) is 25.3 Å². The van der Waals surface area contributed by atoms with E-state index in [2.05, 4.69) is 18.0 Å². The number of aromatic carboxylic acids is 1. The first-order valence-corrected chi connectivity index (χ1v) is 7.17. The van der Waals surface area contributed by atoms with Crippen LogP contribution < -0.4 is 4.90 Å². The van der Waals surface area contributed by atoms with Crippen LogP contribution in [-0.4, -0.2) is 23.1 Å². The average molecular weight is 282 g/mol. The lowest BCUT2D eigenvalue weighted by molar-refractivity contribution is 0.0701. The molecule has 6 heteroatoms. The van der Waals surface area contributed by atoms with Crippen molar-refractivity contribution < 1.29 is 9.90 Å². The van der Waals surface area contributed by atoms with Gasteiger partial charge >= 0.3 is 5.97 Å². The summed E-state index contributed by atoms with van der Waals surface area (Å²) >= 11 is 2.91. The van der Waals surface area contributed by atoms with Crippen molar-refractivity contribution in [2.45, 2.75) is 19.9 Å². The molecule has 0 saturated carbocycles. The van der Waals surface area contributed by atoms with E-state index in [0.717, 1.165) is 5.13 Å². The van der Waals surface area contributed by atoms with Crippen LogP contribution in [-0.2, 0) is 0 Å². The quantitative estimate of drug-likeness (QED) is 0.933. The standard InChI is InChI=1S/C12H14N2O2S2/c1-7-10(11(15)16)18-12(13-7)14(3)8(2)9-5-4-6-17-9/h4-6,8H,1-3H3,(H,15,16). The fourth-order valence-corrected chi connectivity index (χ4v) is 3.39. The van der Waals surface area contributed by atoms with Crippen molar-refractivity contribution >= 4 is 33.8 Å². The maximum absolute atomic E-state index is 11.0. The van der Waals surface area contributed by atoms with Gasteiger partial charge in [0.2, 0.25) is 0 Å². The summed E-state index contributed by atoms with van der Waals surface area (Å²) in [5.74, 6) is -0.909. The Labute approximate surface area is 114 Å². The first-order valence-electron chi connectivity index (χ1n) is 5.47. The van der Waals surface area contributed by atoms with Crippen LogP contribution in [0.25, 0.3) is 0 Å². The van der Waals surface area contributed by atoms with Crippen molar-refractivity contribution in [2.24, 2.45) is 0 Å². The lowest BCUT2D eigenvalue weighted by Gasteiger charge is -2.23. The minimum absolute atomic E-state index is 0.192. The van der Waals surface area contributed by atoms with Gasteiger partial charge in [0, 0.05) is 11.9 Å². The number of carbonyl (C=O) groups is 1. The third kappa shape index (κ3) is 2.39. The van der Waals surface area contributed by atoms with Crippen LogP contribution in [0, 0.1) is 6.92 Å². The molecule has 4 nitrogen and oxygen atoms in total. The van der Waals surface area contributed by atoms with Crippen LogP contribution in [0.15, 0.2) is 17.5 Å². The molecule has 0 bridgehead atoms. The molecule has 2 aromatic heterocycles. The second-order valence-electron chi connectivity index (χ2n) is 4.02. The van der Waals surface area contributed by atoms with Gasteiger partial charge in [-0.3, -0.25) is 0 Å². The highest BCUT2D eigenvalue weighted by atomic mass is 32.1. The van der Waals surface area contributed by atoms with E-state index in [4.69, 9.17) is 5.11 Å². The normalized spacial score (nSPS) is 12.4. The van der Waals surface area contributed by atoms with Crippen molar-refractivity contribution in [1.82, 2.24) is 4.98 Å². The van der Waals surface area contributed by atoms with Gasteiger partial charge in [-0.15, -0.1) is 11.3 Å². The van der Waals surface area contributed by atoms with Crippen molar-refractivity contribution in [3.05, 3.63) is 33.0 Å². The number of carboxylic acids is 1. The zero-order valence-electron chi connectivity index (χ0n) is 10.4. The molecule has 0 spiro atoms. The van der Waals surface area contributed by atoms with Crippen LogP contribution in [0.5, 0.6) is 0 Å². The van der Waals surface area contributed by atoms with E-state index in [0.29, 0.717) is 10.6 Å². The summed E-state index contributed by atoms with van der Waals surface area (Å²) in [7, 11) is 1.94. The SMILES string of the molecule is Cc1nc(N(C)C(C)c2cccs2)sc1C(=O)O. The second-order valence-corrected chi connectivity index (χ2v) is 5.98. The van der Waals surface area contributed by atoms with Gasteiger partial charge in [0.15, 0.2) is 5.13 Å².